The maximum atomic E-state index is 3.89. The molecule has 0 saturated carbocycles. The lowest BCUT2D eigenvalue weighted by atomic mass is 10.1. The van der Waals surface area contributed by atoms with Crippen LogP contribution in [0.15, 0.2) is 0 Å². The molecule has 9 heavy (non-hydrogen) atoms. The molecule has 1 atom stereocenters. The highest BCUT2D eigenvalue weighted by Gasteiger charge is 2.12. The topological polar surface area (TPSA) is 27.6 Å². The van der Waals surface area contributed by atoms with E-state index in [1.54, 1.807) is 0 Å². The third kappa shape index (κ3) is 4.12. The van der Waals surface area contributed by atoms with Gasteiger partial charge in [-0.2, -0.15) is 0 Å². The summed E-state index contributed by atoms with van der Waals surface area (Å²) < 4.78 is 0. The van der Waals surface area contributed by atoms with Crippen molar-refractivity contribution in [2.24, 2.45) is 5.92 Å². The van der Waals surface area contributed by atoms with Crippen molar-refractivity contribution in [3.63, 3.8) is 0 Å². The molecule has 0 aliphatic heterocycles. The van der Waals surface area contributed by atoms with E-state index in [2.05, 4.69) is 25.8 Å². The quantitative estimate of drug-likeness (QED) is 0.637. The minimum atomic E-state index is 0.736. The van der Waals surface area contributed by atoms with Gasteiger partial charge in [-0.05, 0) is 12.2 Å². The Balaban J connectivity index is 3.41. The summed E-state index contributed by atoms with van der Waals surface area (Å²) in [6.07, 6.45) is 2.12. The van der Waals surface area contributed by atoms with E-state index in [9.17, 15) is 0 Å². The number of hydrogen-bond acceptors (Lipinski definition) is 2. The summed E-state index contributed by atoms with van der Waals surface area (Å²) in [5.74, 6) is 0.764. The Morgan fingerprint density at radius 3 is 2.11 bits per heavy atom. The van der Waals surface area contributed by atoms with Crippen molar-refractivity contribution in [1.82, 2.24) is 0 Å². The van der Waals surface area contributed by atoms with Crippen LogP contribution in [0.5, 0.6) is 0 Å². The summed E-state index contributed by atoms with van der Waals surface area (Å²) in [7, 11) is 3.78. The zero-order valence-corrected chi connectivity index (χ0v) is 8.02. The summed E-state index contributed by atoms with van der Waals surface area (Å²) in [5, 5.41) is 0.736. The summed E-state index contributed by atoms with van der Waals surface area (Å²) in [6.45, 7) is 5.54. The van der Waals surface area contributed by atoms with Gasteiger partial charge >= 0.3 is 0 Å². The lowest BCUT2D eigenvalue weighted by molar-refractivity contribution is -0.367. The highest BCUT2D eigenvalue weighted by atomic mass is 33.1. The van der Waals surface area contributed by atoms with Crippen molar-refractivity contribution < 1.29 is 5.73 Å². The van der Waals surface area contributed by atoms with Crippen molar-refractivity contribution in [3.05, 3.63) is 0 Å². The van der Waals surface area contributed by atoms with Gasteiger partial charge in [0.2, 0.25) is 0 Å². The number of rotatable bonds is 4. The first-order chi connectivity index (χ1) is 4.22. The Hall–Kier alpha value is 0.660. The lowest BCUT2D eigenvalue weighted by Gasteiger charge is -2.13. The van der Waals surface area contributed by atoms with Crippen LogP contribution in [0.3, 0.4) is 0 Å². The molecule has 0 bridgehead atoms. The van der Waals surface area contributed by atoms with Crippen molar-refractivity contribution in [3.8, 4) is 0 Å². The van der Waals surface area contributed by atoms with Crippen LogP contribution in [-0.2, 0) is 0 Å². The third-order valence-electron chi connectivity index (χ3n) is 1.25. The average molecular weight is 166 g/mol. The Morgan fingerprint density at radius 2 is 2.00 bits per heavy atom. The first-order valence-corrected chi connectivity index (χ1v) is 5.83. The first kappa shape index (κ1) is 9.66. The second kappa shape index (κ2) is 5.45. The van der Waals surface area contributed by atoms with Crippen LogP contribution in [0.25, 0.3) is 0 Å². The van der Waals surface area contributed by atoms with Gasteiger partial charge in [0, 0.05) is 0 Å². The summed E-state index contributed by atoms with van der Waals surface area (Å²) in [4.78, 5) is 0. The highest BCUT2D eigenvalue weighted by molar-refractivity contribution is 8.76. The normalized spacial score (nSPS) is 14.3. The van der Waals surface area contributed by atoms with E-state index in [1.165, 1.54) is 0 Å². The molecule has 3 heteroatoms. The molecule has 0 aromatic heterocycles. The molecule has 3 N–H and O–H groups in total. The van der Waals surface area contributed by atoms with E-state index in [1.807, 2.05) is 21.6 Å². The second-order valence-electron chi connectivity index (χ2n) is 2.33. The molecule has 0 aliphatic carbocycles. The lowest BCUT2D eigenvalue weighted by Crippen LogP contribution is -2.55. The zero-order chi connectivity index (χ0) is 7.28. The van der Waals surface area contributed by atoms with Crippen LogP contribution in [0.2, 0.25) is 0 Å². The molecule has 0 saturated heterocycles. The molecule has 0 aromatic carbocycles. The SMILES string of the molecule is CSS[C@@H](C[NH3+])C(C)C. The minimum absolute atomic E-state index is 0.736. The van der Waals surface area contributed by atoms with Crippen molar-refractivity contribution in [2.45, 2.75) is 19.1 Å². The molecule has 0 spiro atoms. The van der Waals surface area contributed by atoms with Gasteiger partial charge in [-0.15, -0.1) is 0 Å². The standard InChI is InChI=1S/C6H15NS2/c1-5(2)6(4-7)9-8-3/h5-6H,4,7H2,1-3H3/p+1/t6-/m0/s1. The van der Waals surface area contributed by atoms with Gasteiger partial charge in [-0.1, -0.05) is 35.4 Å². The van der Waals surface area contributed by atoms with Crippen LogP contribution in [0, 0.1) is 5.92 Å². The molecule has 56 valence electrons. The Labute approximate surface area is 65.6 Å². The maximum absolute atomic E-state index is 3.89. The van der Waals surface area contributed by atoms with Crippen LogP contribution >= 0.6 is 21.6 Å². The fourth-order valence-electron chi connectivity index (χ4n) is 0.616. The van der Waals surface area contributed by atoms with Crippen LogP contribution in [-0.4, -0.2) is 18.1 Å². The summed E-state index contributed by atoms with van der Waals surface area (Å²) >= 11 is 0. The van der Waals surface area contributed by atoms with Gasteiger partial charge in [0.15, 0.2) is 0 Å². The maximum Gasteiger partial charge on any atom is 0.0871 e. The Bertz CT molecular complexity index is 66.1. The molecule has 0 heterocycles. The highest BCUT2D eigenvalue weighted by Crippen LogP contribution is 2.27. The predicted octanol–water partition coefficient (Wildman–Crippen LogP) is 1.26. The van der Waals surface area contributed by atoms with Gasteiger partial charge in [0.25, 0.3) is 0 Å². The molecule has 0 radical (unpaired) electrons. The Morgan fingerprint density at radius 1 is 1.44 bits per heavy atom. The fraction of sp³-hybridized carbons (Fsp3) is 1.00. The van der Waals surface area contributed by atoms with Gasteiger partial charge < -0.3 is 5.73 Å². The molecule has 0 aliphatic rings. The molecular formula is C6H16NS2+. The van der Waals surface area contributed by atoms with E-state index in [4.69, 9.17) is 0 Å². The van der Waals surface area contributed by atoms with E-state index < -0.39 is 0 Å². The van der Waals surface area contributed by atoms with Gasteiger partial charge in [-0.25, -0.2) is 0 Å². The number of quaternary nitrogens is 1. The Kier molecular flexibility index (Phi) is 5.84. The molecule has 0 amide bonds. The summed E-state index contributed by atoms with van der Waals surface area (Å²) in [6, 6.07) is 0. The molecular weight excluding hydrogens is 150 g/mol. The molecule has 0 rings (SSSR count). The average Bonchev–Trinajstić information content (AvgIpc) is 1.82. The van der Waals surface area contributed by atoms with Crippen LogP contribution in [0.1, 0.15) is 13.8 Å². The smallest absolute Gasteiger partial charge is 0.0871 e. The van der Waals surface area contributed by atoms with E-state index in [0.29, 0.717) is 0 Å². The zero-order valence-electron chi connectivity index (χ0n) is 6.39. The predicted molar refractivity (Wildman–Crippen MR) is 47.5 cm³/mol. The van der Waals surface area contributed by atoms with Crippen molar-refractivity contribution in [2.75, 3.05) is 12.8 Å². The van der Waals surface area contributed by atoms with Crippen molar-refractivity contribution >= 4 is 21.6 Å². The summed E-state index contributed by atoms with van der Waals surface area (Å²) in [5.41, 5.74) is 3.89. The molecule has 1 nitrogen and oxygen atoms in total. The monoisotopic (exact) mass is 166 g/mol. The second-order valence-corrected chi connectivity index (χ2v) is 5.04. The molecule has 0 fully saturated rings. The fourth-order valence-corrected chi connectivity index (χ4v) is 2.88. The minimum Gasteiger partial charge on any atom is -0.357 e. The van der Waals surface area contributed by atoms with Gasteiger partial charge in [0.1, 0.15) is 0 Å². The van der Waals surface area contributed by atoms with Gasteiger partial charge in [-0.3, -0.25) is 0 Å². The molecule has 0 aromatic rings. The van der Waals surface area contributed by atoms with E-state index in [-0.39, 0.29) is 0 Å². The van der Waals surface area contributed by atoms with Crippen LogP contribution < -0.4 is 5.73 Å². The van der Waals surface area contributed by atoms with E-state index in [0.717, 1.165) is 17.7 Å². The van der Waals surface area contributed by atoms with Crippen LogP contribution in [0.4, 0.5) is 0 Å². The first-order valence-electron chi connectivity index (χ1n) is 3.21. The van der Waals surface area contributed by atoms with Gasteiger partial charge in [0.05, 0.1) is 11.8 Å². The third-order valence-corrected chi connectivity index (χ3v) is 3.79. The largest absolute Gasteiger partial charge is 0.357 e. The molecule has 0 unspecified atom stereocenters. The number of hydrogen-bond donors (Lipinski definition) is 1. The van der Waals surface area contributed by atoms with Crippen molar-refractivity contribution in [1.29, 1.82) is 0 Å². The van der Waals surface area contributed by atoms with E-state index >= 15 is 0 Å².